The number of benzene rings is 2. The summed E-state index contributed by atoms with van der Waals surface area (Å²) in [4.78, 5) is 0. The number of aliphatic hydroxyl groups is 1. The molecule has 0 heterocycles. The predicted octanol–water partition coefficient (Wildman–Crippen LogP) is 3.12. The van der Waals surface area contributed by atoms with E-state index in [0.29, 0.717) is 11.4 Å². The summed E-state index contributed by atoms with van der Waals surface area (Å²) in [5.41, 5.74) is 0.724. The third-order valence-corrected chi connectivity index (χ3v) is 2.93. The van der Waals surface area contributed by atoms with Gasteiger partial charge in [0, 0.05) is 17.3 Å². The molecule has 2 aromatic rings. The lowest BCUT2D eigenvalue weighted by atomic mass is 10.1. The van der Waals surface area contributed by atoms with E-state index < -0.39 is 17.7 Å². The molecule has 20 heavy (non-hydrogen) atoms. The van der Waals surface area contributed by atoms with Crippen LogP contribution in [0.5, 0.6) is 5.75 Å². The van der Waals surface area contributed by atoms with E-state index in [-0.39, 0.29) is 12.2 Å². The summed E-state index contributed by atoms with van der Waals surface area (Å²) in [7, 11) is 1.54. The summed E-state index contributed by atoms with van der Waals surface area (Å²) in [6, 6.07) is 9.41. The topological polar surface area (TPSA) is 41.5 Å². The van der Waals surface area contributed by atoms with Gasteiger partial charge in [0.1, 0.15) is 17.4 Å². The fourth-order valence-electron chi connectivity index (χ4n) is 1.92. The first-order chi connectivity index (χ1) is 9.63. The highest BCUT2D eigenvalue weighted by Crippen LogP contribution is 2.24. The Balaban J connectivity index is 2.26. The van der Waals surface area contributed by atoms with Crippen LogP contribution in [0, 0.1) is 11.6 Å². The van der Waals surface area contributed by atoms with E-state index in [0.717, 1.165) is 18.2 Å². The zero-order chi connectivity index (χ0) is 14.5. The Hall–Kier alpha value is -2.14. The van der Waals surface area contributed by atoms with Crippen molar-refractivity contribution >= 4 is 5.69 Å². The number of nitrogens with one attached hydrogen (secondary N) is 1. The number of anilines is 1. The lowest BCUT2D eigenvalue weighted by molar-refractivity contribution is 0.273. The highest BCUT2D eigenvalue weighted by Gasteiger charge is 2.16. The molecule has 1 atom stereocenters. The number of hydrogen-bond acceptors (Lipinski definition) is 3. The fourth-order valence-corrected chi connectivity index (χ4v) is 1.92. The molecular weight excluding hydrogens is 264 g/mol. The van der Waals surface area contributed by atoms with Crippen LogP contribution >= 0.6 is 0 Å². The molecule has 0 aliphatic heterocycles. The van der Waals surface area contributed by atoms with Gasteiger partial charge in [0.25, 0.3) is 0 Å². The smallest absolute Gasteiger partial charge is 0.128 e. The van der Waals surface area contributed by atoms with Gasteiger partial charge in [-0.05, 0) is 30.3 Å². The van der Waals surface area contributed by atoms with Crippen LogP contribution in [0.2, 0.25) is 0 Å². The average molecular weight is 279 g/mol. The molecule has 0 aromatic heterocycles. The van der Waals surface area contributed by atoms with Crippen molar-refractivity contribution in [2.45, 2.75) is 6.04 Å². The Bertz CT molecular complexity index is 590. The van der Waals surface area contributed by atoms with Gasteiger partial charge >= 0.3 is 0 Å². The highest BCUT2D eigenvalue weighted by atomic mass is 19.1. The number of methoxy groups -OCH3 is 1. The quantitative estimate of drug-likeness (QED) is 0.883. The second kappa shape index (κ2) is 6.34. The number of hydrogen-bond donors (Lipinski definition) is 2. The molecule has 0 saturated heterocycles. The number of rotatable bonds is 5. The summed E-state index contributed by atoms with van der Waals surface area (Å²) in [6.45, 7) is -0.364. The van der Waals surface area contributed by atoms with E-state index in [1.807, 2.05) is 0 Å². The van der Waals surface area contributed by atoms with E-state index in [1.165, 1.54) is 7.11 Å². The van der Waals surface area contributed by atoms with Gasteiger partial charge < -0.3 is 15.2 Å². The van der Waals surface area contributed by atoms with Crippen molar-refractivity contribution in [3.63, 3.8) is 0 Å². The highest BCUT2D eigenvalue weighted by molar-refractivity contribution is 5.50. The number of aliphatic hydroxyl groups excluding tert-OH is 1. The Labute approximate surface area is 115 Å². The molecular formula is C15H15F2NO2. The maximum Gasteiger partial charge on any atom is 0.128 e. The first-order valence-corrected chi connectivity index (χ1v) is 6.10. The van der Waals surface area contributed by atoms with Crippen LogP contribution in [-0.2, 0) is 0 Å². The Kier molecular flexibility index (Phi) is 4.53. The molecule has 0 amide bonds. The van der Waals surface area contributed by atoms with Gasteiger partial charge in [-0.3, -0.25) is 0 Å². The maximum atomic E-state index is 13.7. The van der Waals surface area contributed by atoms with Crippen molar-refractivity contribution < 1.29 is 18.6 Å². The van der Waals surface area contributed by atoms with Crippen molar-refractivity contribution in [1.29, 1.82) is 0 Å². The van der Waals surface area contributed by atoms with E-state index in [9.17, 15) is 13.9 Å². The molecule has 2 aromatic carbocycles. The van der Waals surface area contributed by atoms with Gasteiger partial charge in [0.15, 0.2) is 0 Å². The summed E-state index contributed by atoms with van der Waals surface area (Å²) >= 11 is 0. The van der Waals surface area contributed by atoms with Crippen LogP contribution < -0.4 is 10.1 Å². The van der Waals surface area contributed by atoms with Crippen LogP contribution in [0.15, 0.2) is 42.5 Å². The van der Waals surface area contributed by atoms with Gasteiger partial charge in [0.2, 0.25) is 0 Å². The van der Waals surface area contributed by atoms with Crippen molar-refractivity contribution in [3.8, 4) is 5.75 Å². The van der Waals surface area contributed by atoms with Gasteiger partial charge in [0.05, 0.1) is 19.8 Å². The van der Waals surface area contributed by atoms with Crippen molar-refractivity contribution in [2.75, 3.05) is 19.0 Å². The number of ether oxygens (including phenoxy) is 1. The summed E-state index contributed by atoms with van der Waals surface area (Å²) in [5, 5.41) is 12.4. The normalized spacial score (nSPS) is 12.0. The first kappa shape index (κ1) is 14.3. The lowest BCUT2D eigenvalue weighted by Gasteiger charge is -2.19. The molecule has 5 heteroatoms. The Morgan fingerprint density at radius 2 is 2.00 bits per heavy atom. The second-order valence-corrected chi connectivity index (χ2v) is 4.28. The predicted molar refractivity (Wildman–Crippen MR) is 72.8 cm³/mol. The van der Waals surface area contributed by atoms with Gasteiger partial charge in [-0.15, -0.1) is 0 Å². The minimum Gasteiger partial charge on any atom is -0.497 e. The molecule has 1 unspecified atom stereocenters. The molecule has 0 fully saturated rings. The molecule has 0 aliphatic rings. The molecule has 0 aliphatic carbocycles. The summed E-state index contributed by atoms with van der Waals surface area (Å²) in [6.07, 6.45) is 0. The van der Waals surface area contributed by atoms with Crippen LogP contribution in [0.1, 0.15) is 11.6 Å². The van der Waals surface area contributed by atoms with Crippen LogP contribution in [0.4, 0.5) is 14.5 Å². The minimum absolute atomic E-state index is 0.0790. The van der Waals surface area contributed by atoms with E-state index in [4.69, 9.17) is 4.74 Å². The van der Waals surface area contributed by atoms with Crippen molar-refractivity contribution in [1.82, 2.24) is 0 Å². The number of halogens is 2. The minimum atomic E-state index is -0.738. The van der Waals surface area contributed by atoms with E-state index >= 15 is 0 Å². The zero-order valence-corrected chi connectivity index (χ0v) is 10.9. The molecule has 2 rings (SSSR count). The molecule has 0 saturated carbocycles. The van der Waals surface area contributed by atoms with Crippen LogP contribution in [0.3, 0.4) is 0 Å². The third-order valence-electron chi connectivity index (χ3n) is 2.93. The monoisotopic (exact) mass is 279 g/mol. The standard InChI is InChI=1S/C15H15F2NO2/c1-20-12-4-2-3-11(8-12)18-15(9-19)13-7-10(16)5-6-14(13)17/h2-8,15,18-19H,9H2,1H3. The molecule has 0 bridgehead atoms. The largest absolute Gasteiger partial charge is 0.497 e. The fraction of sp³-hybridized carbons (Fsp3) is 0.200. The molecule has 3 nitrogen and oxygen atoms in total. The lowest BCUT2D eigenvalue weighted by Crippen LogP contribution is -2.16. The molecule has 0 radical (unpaired) electrons. The van der Waals surface area contributed by atoms with Crippen LogP contribution in [-0.4, -0.2) is 18.8 Å². The Morgan fingerprint density at radius 1 is 1.20 bits per heavy atom. The third kappa shape index (κ3) is 3.24. The van der Waals surface area contributed by atoms with Gasteiger partial charge in [-0.25, -0.2) is 8.78 Å². The summed E-state index contributed by atoms with van der Waals surface area (Å²) < 4.78 is 32.0. The second-order valence-electron chi connectivity index (χ2n) is 4.28. The van der Waals surface area contributed by atoms with E-state index in [1.54, 1.807) is 24.3 Å². The molecule has 106 valence electrons. The van der Waals surface area contributed by atoms with Crippen LogP contribution in [0.25, 0.3) is 0 Å². The van der Waals surface area contributed by atoms with Gasteiger partial charge in [-0.1, -0.05) is 6.07 Å². The van der Waals surface area contributed by atoms with Crippen molar-refractivity contribution in [3.05, 3.63) is 59.7 Å². The molecule has 2 N–H and O–H groups in total. The van der Waals surface area contributed by atoms with E-state index in [2.05, 4.69) is 5.32 Å². The first-order valence-electron chi connectivity index (χ1n) is 6.10. The SMILES string of the molecule is COc1cccc(NC(CO)c2cc(F)ccc2F)c1. The average Bonchev–Trinajstić information content (AvgIpc) is 2.47. The summed E-state index contributed by atoms with van der Waals surface area (Å²) in [5.74, 6) is -0.487. The van der Waals surface area contributed by atoms with Crippen molar-refractivity contribution in [2.24, 2.45) is 0 Å². The zero-order valence-electron chi connectivity index (χ0n) is 10.9. The molecule has 0 spiro atoms. The Morgan fingerprint density at radius 3 is 2.70 bits per heavy atom. The maximum absolute atomic E-state index is 13.7. The van der Waals surface area contributed by atoms with Gasteiger partial charge in [-0.2, -0.15) is 0 Å².